The van der Waals surface area contributed by atoms with Gasteiger partial charge in [0.1, 0.15) is 16.8 Å². The first-order chi connectivity index (χ1) is 15.8. The van der Waals surface area contributed by atoms with Gasteiger partial charge in [-0.05, 0) is 67.7 Å². The maximum Gasteiger partial charge on any atom is 0.137 e. The molecule has 172 valence electrons. The predicted octanol–water partition coefficient (Wildman–Crippen LogP) is 5.18. The van der Waals surface area contributed by atoms with Crippen LogP contribution < -0.4 is 0 Å². The van der Waals surface area contributed by atoms with Crippen LogP contribution in [0.15, 0.2) is 48.3 Å². The summed E-state index contributed by atoms with van der Waals surface area (Å²) in [6.45, 7) is 2.02. The van der Waals surface area contributed by atoms with Crippen LogP contribution in [0.1, 0.15) is 55.5 Å². The van der Waals surface area contributed by atoms with E-state index in [-0.39, 0.29) is 23.0 Å². The summed E-state index contributed by atoms with van der Waals surface area (Å²) >= 11 is 6.06. The number of nitrogens with zero attached hydrogens (tertiary/aromatic N) is 3. The molecular weight excluding hydrogens is 448 g/mol. The Hall–Kier alpha value is -2.61. The van der Waals surface area contributed by atoms with E-state index in [2.05, 4.69) is 16.2 Å². The lowest BCUT2D eigenvalue weighted by Crippen LogP contribution is -2.48. The van der Waals surface area contributed by atoms with Gasteiger partial charge >= 0.3 is 0 Å². The van der Waals surface area contributed by atoms with E-state index < -0.39 is 22.9 Å². The van der Waals surface area contributed by atoms with Crippen LogP contribution in [0, 0.1) is 17.0 Å². The molecule has 1 saturated carbocycles. The van der Waals surface area contributed by atoms with E-state index in [4.69, 9.17) is 11.6 Å². The van der Waals surface area contributed by atoms with Gasteiger partial charge in [0.2, 0.25) is 0 Å². The van der Waals surface area contributed by atoms with Gasteiger partial charge in [-0.15, -0.1) is 0 Å². The maximum absolute atomic E-state index is 14.4. The number of aromatic nitrogens is 3. The Labute approximate surface area is 195 Å². The van der Waals surface area contributed by atoms with Crippen LogP contribution in [0.2, 0.25) is 5.15 Å². The Morgan fingerprint density at radius 2 is 1.97 bits per heavy atom. The largest absolute Gasteiger partial charge is 0.389 e. The lowest BCUT2D eigenvalue weighted by molar-refractivity contribution is -0.0833. The van der Waals surface area contributed by atoms with E-state index >= 15 is 0 Å². The molecule has 33 heavy (non-hydrogen) atoms. The zero-order valence-electron chi connectivity index (χ0n) is 18.1. The van der Waals surface area contributed by atoms with E-state index in [0.29, 0.717) is 25.7 Å². The fourth-order valence-corrected chi connectivity index (χ4v) is 5.96. The van der Waals surface area contributed by atoms with Gasteiger partial charge in [0.25, 0.3) is 0 Å². The van der Waals surface area contributed by atoms with Crippen LogP contribution in [0.5, 0.6) is 0 Å². The topological polar surface area (TPSA) is 71.2 Å². The molecule has 2 aliphatic carbocycles. The maximum atomic E-state index is 14.4. The summed E-state index contributed by atoms with van der Waals surface area (Å²) in [6.07, 6.45) is 6.01. The van der Waals surface area contributed by atoms with E-state index in [0.717, 1.165) is 28.6 Å². The highest BCUT2D eigenvalue weighted by Crippen LogP contribution is 2.59. The van der Waals surface area contributed by atoms with Crippen molar-refractivity contribution in [3.63, 3.8) is 0 Å². The number of benzene rings is 1. The molecular formula is C25H24ClF2N3O2. The molecule has 0 aliphatic heterocycles. The zero-order chi connectivity index (χ0) is 23.4. The average Bonchev–Trinajstić information content (AvgIpc) is 3.31. The van der Waals surface area contributed by atoms with Crippen molar-refractivity contribution in [2.24, 2.45) is 5.41 Å². The lowest BCUT2D eigenvalue weighted by atomic mass is 9.62. The second kappa shape index (κ2) is 8.01. The minimum atomic E-state index is -1.29. The van der Waals surface area contributed by atoms with Crippen LogP contribution in [0.4, 0.5) is 8.78 Å². The van der Waals surface area contributed by atoms with Crippen LogP contribution in [-0.2, 0) is 6.42 Å². The monoisotopic (exact) mass is 471 g/mol. The second-order valence-electron chi connectivity index (χ2n) is 8.97. The molecule has 3 atom stereocenters. The van der Waals surface area contributed by atoms with Crippen molar-refractivity contribution in [2.75, 3.05) is 0 Å². The van der Waals surface area contributed by atoms with Crippen molar-refractivity contribution in [2.45, 2.75) is 50.7 Å². The molecule has 3 aromatic rings. The quantitative estimate of drug-likeness (QED) is 0.503. The average molecular weight is 472 g/mol. The van der Waals surface area contributed by atoms with Crippen LogP contribution in [0.3, 0.4) is 0 Å². The first-order valence-electron chi connectivity index (χ1n) is 11.0. The molecule has 1 aromatic carbocycles. The van der Waals surface area contributed by atoms with Crippen molar-refractivity contribution >= 4 is 17.7 Å². The minimum Gasteiger partial charge on any atom is -0.389 e. The van der Waals surface area contributed by atoms with E-state index in [1.807, 2.05) is 6.92 Å². The summed E-state index contributed by atoms with van der Waals surface area (Å²) in [4.78, 5) is 3.88. The minimum absolute atomic E-state index is 0.0536. The molecule has 0 radical (unpaired) electrons. The first kappa shape index (κ1) is 22.2. The number of pyridine rings is 1. The van der Waals surface area contributed by atoms with Crippen molar-refractivity contribution < 1.29 is 19.0 Å². The summed E-state index contributed by atoms with van der Waals surface area (Å²) < 4.78 is 29.5. The molecule has 5 rings (SSSR count). The Morgan fingerprint density at radius 1 is 1.21 bits per heavy atom. The molecule has 0 bridgehead atoms. The third-order valence-corrected chi connectivity index (χ3v) is 7.73. The van der Waals surface area contributed by atoms with Crippen molar-refractivity contribution in [1.29, 1.82) is 0 Å². The van der Waals surface area contributed by atoms with Gasteiger partial charge in [-0.25, -0.2) is 18.4 Å². The van der Waals surface area contributed by atoms with Gasteiger partial charge in [-0.1, -0.05) is 24.1 Å². The Bertz CT molecular complexity index is 1220. The normalized spacial score (nSPS) is 24.8. The molecule has 8 heteroatoms. The predicted molar refractivity (Wildman–Crippen MR) is 121 cm³/mol. The molecule has 2 heterocycles. The summed E-state index contributed by atoms with van der Waals surface area (Å²) in [5.74, 6) is -0.954. The summed E-state index contributed by atoms with van der Waals surface area (Å²) in [5, 5.41) is 27.2. The van der Waals surface area contributed by atoms with E-state index in [9.17, 15) is 19.0 Å². The van der Waals surface area contributed by atoms with Gasteiger partial charge in [0, 0.05) is 18.0 Å². The molecule has 5 nitrogen and oxygen atoms in total. The highest BCUT2D eigenvalue weighted by molar-refractivity contribution is 6.30. The van der Waals surface area contributed by atoms with Crippen molar-refractivity contribution in [3.8, 4) is 5.69 Å². The van der Waals surface area contributed by atoms with Gasteiger partial charge in [0.15, 0.2) is 0 Å². The highest BCUT2D eigenvalue weighted by atomic mass is 35.5. The second-order valence-corrected chi connectivity index (χ2v) is 9.33. The molecule has 2 N–H and O–H groups in total. The summed E-state index contributed by atoms with van der Waals surface area (Å²) in [6, 6.07) is 7.30. The molecule has 0 saturated heterocycles. The van der Waals surface area contributed by atoms with Gasteiger partial charge in [0.05, 0.1) is 34.8 Å². The van der Waals surface area contributed by atoms with Crippen molar-refractivity contribution in [3.05, 3.63) is 81.9 Å². The Kier molecular flexibility index (Phi) is 5.39. The Morgan fingerprint density at radius 3 is 2.67 bits per heavy atom. The number of aliphatic hydroxyl groups is 2. The van der Waals surface area contributed by atoms with Crippen LogP contribution in [0.25, 0.3) is 11.8 Å². The molecule has 0 spiro atoms. The van der Waals surface area contributed by atoms with Crippen LogP contribution >= 0.6 is 11.6 Å². The zero-order valence-corrected chi connectivity index (χ0v) is 18.9. The SMILES string of the molecule is CC[C@]12Cc3cnn(-c4ccc(F)cc4)c3C=C1CC[C@@]2(O)CC(O)c1c(F)ccnc1Cl. The Balaban J connectivity index is 1.51. The number of fused-ring (bicyclic) bond motifs is 2. The molecule has 2 aliphatic rings. The fraction of sp³-hybridized carbons (Fsp3) is 0.360. The first-order valence-corrected chi connectivity index (χ1v) is 11.4. The number of rotatable bonds is 5. The standard InChI is InChI=1S/C25H24ClF2N3O2/c1-2-24-12-15-14-30-31(18-5-3-17(27)4-6-18)20(15)11-16(24)7-9-25(24,33)13-21(32)22-19(28)8-10-29-23(22)26/h3-6,8,10-11,14,21,32-33H,2,7,9,12-13H2,1H3/t21?,24-,25+/m0/s1. The number of hydrogen-bond donors (Lipinski definition) is 2. The van der Waals surface area contributed by atoms with Gasteiger partial charge in [-0.2, -0.15) is 5.10 Å². The summed E-state index contributed by atoms with van der Waals surface area (Å²) in [5.41, 5.74) is 1.75. The smallest absolute Gasteiger partial charge is 0.137 e. The van der Waals surface area contributed by atoms with Crippen molar-refractivity contribution in [1.82, 2.24) is 14.8 Å². The van der Waals surface area contributed by atoms with E-state index in [1.54, 1.807) is 23.0 Å². The number of hydrogen-bond acceptors (Lipinski definition) is 4. The van der Waals surface area contributed by atoms with Gasteiger partial charge in [-0.3, -0.25) is 0 Å². The molecule has 1 fully saturated rings. The lowest BCUT2D eigenvalue weighted by Gasteiger charge is -2.45. The third kappa shape index (κ3) is 3.41. The van der Waals surface area contributed by atoms with Gasteiger partial charge < -0.3 is 10.2 Å². The summed E-state index contributed by atoms with van der Waals surface area (Å²) in [7, 11) is 0. The van der Waals surface area contributed by atoms with Crippen LogP contribution in [-0.4, -0.2) is 30.6 Å². The molecule has 2 aromatic heterocycles. The molecule has 1 unspecified atom stereocenters. The number of aliphatic hydroxyl groups excluding tert-OH is 1. The third-order valence-electron chi connectivity index (χ3n) is 7.43. The van der Waals surface area contributed by atoms with E-state index in [1.165, 1.54) is 18.3 Å². The fourth-order valence-electron chi connectivity index (χ4n) is 5.69. The molecule has 0 amide bonds. The number of halogens is 3. The highest BCUT2D eigenvalue weighted by Gasteiger charge is 2.57.